The summed E-state index contributed by atoms with van der Waals surface area (Å²) in [7, 11) is 0. The van der Waals surface area contributed by atoms with Crippen LogP contribution >= 0.6 is 0 Å². The molecule has 0 saturated carbocycles. The minimum atomic E-state index is 0.347. The van der Waals surface area contributed by atoms with E-state index >= 15 is 0 Å². The predicted octanol–water partition coefficient (Wildman–Crippen LogP) is 2.81. The molecule has 0 aliphatic carbocycles. The molecule has 1 aliphatic rings. The van der Waals surface area contributed by atoms with E-state index in [0.717, 1.165) is 50.4 Å². The minimum absolute atomic E-state index is 0.347. The van der Waals surface area contributed by atoms with Gasteiger partial charge in [0.2, 0.25) is 0 Å². The first-order chi connectivity index (χ1) is 9.76. The van der Waals surface area contributed by atoms with Crippen LogP contribution in [0.1, 0.15) is 56.1 Å². The Hall–Kier alpha value is -1.00. The average molecular weight is 277 g/mol. The molecule has 2 atom stereocenters. The van der Waals surface area contributed by atoms with E-state index in [9.17, 15) is 0 Å². The van der Waals surface area contributed by atoms with Gasteiger partial charge < -0.3 is 10.1 Å². The molecule has 2 unspecified atom stereocenters. The van der Waals surface area contributed by atoms with Crippen molar-refractivity contribution in [2.24, 2.45) is 5.92 Å². The number of aryl methyl sites for hydroxylation is 2. The van der Waals surface area contributed by atoms with E-state index in [-0.39, 0.29) is 0 Å². The average Bonchev–Trinajstić information content (AvgIpc) is 2.49. The second-order valence-electron chi connectivity index (χ2n) is 5.65. The standard InChI is InChI=1S/C16H27N3O/c1-4-8-17-16(13-7-6-9-20-11-13)14-10-12(3)18-19-15(14)5-2/h10,13,16-17H,4-9,11H2,1-3H3. The summed E-state index contributed by atoms with van der Waals surface area (Å²) in [6.07, 6.45) is 4.46. The largest absolute Gasteiger partial charge is 0.381 e. The second kappa shape index (κ2) is 7.70. The number of hydrogen-bond donors (Lipinski definition) is 1. The van der Waals surface area contributed by atoms with E-state index in [1.165, 1.54) is 12.0 Å². The molecule has 2 heterocycles. The predicted molar refractivity (Wildman–Crippen MR) is 80.7 cm³/mol. The first kappa shape index (κ1) is 15.4. The molecule has 0 radical (unpaired) electrons. The van der Waals surface area contributed by atoms with E-state index in [1.807, 2.05) is 6.92 Å². The highest BCUT2D eigenvalue weighted by atomic mass is 16.5. The van der Waals surface area contributed by atoms with Crippen LogP contribution in [0.3, 0.4) is 0 Å². The third-order valence-corrected chi connectivity index (χ3v) is 3.98. The summed E-state index contributed by atoms with van der Waals surface area (Å²) in [5.74, 6) is 0.546. The van der Waals surface area contributed by atoms with Gasteiger partial charge in [-0.25, -0.2) is 0 Å². The van der Waals surface area contributed by atoms with Crippen LogP contribution in [0.5, 0.6) is 0 Å². The maximum absolute atomic E-state index is 5.69. The zero-order chi connectivity index (χ0) is 14.4. The fourth-order valence-electron chi connectivity index (χ4n) is 2.94. The number of rotatable bonds is 6. The van der Waals surface area contributed by atoms with Crippen molar-refractivity contribution in [2.75, 3.05) is 19.8 Å². The van der Waals surface area contributed by atoms with Crippen LogP contribution in [0.15, 0.2) is 6.07 Å². The first-order valence-electron chi connectivity index (χ1n) is 7.90. The molecule has 20 heavy (non-hydrogen) atoms. The zero-order valence-corrected chi connectivity index (χ0v) is 13.0. The molecule has 112 valence electrons. The smallest absolute Gasteiger partial charge is 0.0676 e. The van der Waals surface area contributed by atoms with Crippen molar-refractivity contribution >= 4 is 0 Å². The Labute approximate surface area is 122 Å². The summed E-state index contributed by atoms with van der Waals surface area (Å²) in [6, 6.07) is 2.55. The molecule has 1 aromatic rings. The maximum Gasteiger partial charge on any atom is 0.0676 e. The summed E-state index contributed by atoms with van der Waals surface area (Å²) in [4.78, 5) is 0. The molecule has 1 aromatic heterocycles. The normalized spacial score (nSPS) is 20.9. The van der Waals surface area contributed by atoms with Gasteiger partial charge in [-0.2, -0.15) is 10.2 Å². The van der Waals surface area contributed by atoms with Gasteiger partial charge in [0.05, 0.1) is 18.0 Å². The minimum Gasteiger partial charge on any atom is -0.381 e. The maximum atomic E-state index is 5.69. The summed E-state index contributed by atoms with van der Waals surface area (Å²) in [6.45, 7) is 9.17. The molecule has 1 saturated heterocycles. The van der Waals surface area contributed by atoms with Crippen molar-refractivity contribution in [3.05, 3.63) is 23.0 Å². The Morgan fingerprint density at radius 1 is 1.40 bits per heavy atom. The van der Waals surface area contributed by atoms with Gasteiger partial charge in [-0.3, -0.25) is 0 Å². The lowest BCUT2D eigenvalue weighted by Gasteiger charge is -2.32. The van der Waals surface area contributed by atoms with Crippen LogP contribution in [-0.2, 0) is 11.2 Å². The summed E-state index contributed by atoms with van der Waals surface area (Å²) in [5.41, 5.74) is 3.44. The Morgan fingerprint density at radius 3 is 2.90 bits per heavy atom. The Kier molecular flexibility index (Phi) is 5.92. The highest BCUT2D eigenvalue weighted by Gasteiger charge is 2.27. The highest BCUT2D eigenvalue weighted by Crippen LogP contribution is 2.30. The summed E-state index contributed by atoms with van der Waals surface area (Å²) >= 11 is 0. The molecule has 1 N–H and O–H groups in total. The van der Waals surface area contributed by atoms with Crippen molar-refractivity contribution in [1.29, 1.82) is 0 Å². The molecule has 1 aliphatic heterocycles. The molecule has 0 spiro atoms. The number of nitrogens with one attached hydrogen (secondary N) is 1. The lowest BCUT2D eigenvalue weighted by atomic mass is 9.87. The van der Waals surface area contributed by atoms with Gasteiger partial charge in [0, 0.05) is 18.6 Å². The monoisotopic (exact) mass is 277 g/mol. The molecular weight excluding hydrogens is 250 g/mol. The van der Waals surface area contributed by atoms with Gasteiger partial charge in [0.1, 0.15) is 0 Å². The number of ether oxygens (including phenoxy) is 1. The molecule has 4 nitrogen and oxygen atoms in total. The van der Waals surface area contributed by atoms with E-state index in [4.69, 9.17) is 4.74 Å². The van der Waals surface area contributed by atoms with Crippen molar-refractivity contribution in [2.45, 2.75) is 52.5 Å². The van der Waals surface area contributed by atoms with Gasteiger partial charge >= 0.3 is 0 Å². The number of nitrogens with zero attached hydrogens (tertiary/aromatic N) is 2. The molecule has 0 bridgehead atoms. The lowest BCUT2D eigenvalue weighted by Crippen LogP contribution is -2.34. The van der Waals surface area contributed by atoms with Crippen LogP contribution in [0.4, 0.5) is 0 Å². The van der Waals surface area contributed by atoms with Gasteiger partial charge in [-0.15, -0.1) is 0 Å². The molecule has 0 aromatic carbocycles. The van der Waals surface area contributed by atoms with E-state index in [2.05, 4.69) is 35.4 Å². The SMILES string of the molecule is CCCNC(c1cc(C)nnc1CC)C1CCCOC1. The zero-order valence-electron chi connectivity index (χ0n) is 13.0. The Bertz CT molecular complexity index is 416. The van der Waals surface area contributed by atoms with E-state index < -0.39 is 0 Å². The van der Waals surface area contributed by atoms with E-state index in [1.54, 1.807) is 0 Å². The van der Waals surface area contributed by atoms with Crippen molar-refractivity contribution in [3.63, 3.8) is 0 Å². The second-order valence-corrected chi connectivity index (χ2v) is 5.65. The fourth-order valence-corrected chi connectivity index (χ4v) is 2.94. The van der Waals surface area contributed by atoms with Gasteiger partial charge in [-0.05, 0) is 50.8 Å². The van der Waals surface area contributed by atoms with Crippen molar-refractivity contribution in [3.8, 4) is 0 Å². The van der Waals surface area contributed by atoms with Crippen molar-refractivity contribution < 1.29 is 4.74 Å². The molecule has 2 rings (SSSR count). The Balaban J connectivity index is 2.26. The van der Waals surface area contributed by atoms with Gasteiger partial charge in [-0.1, -0.05) is 13.8 Å². The van der Waals surface area contributed by atoms with Crippen LogP contribution in [-0.4, -0.2) is 30.0 Å². The van der Waals surface area contributed by atoms with Crippen LogP contribution in [0.2, 0.25) is 0 Å². The molecule has 1 fully saturated rings. The fraction of sp³-hybridized carbons (Fsp3) is 0.750. The van der Waals surface area contributed by atoms with Gasteiger partial charge in [0.15, 0.2) is 0 Å². The summed E-state index contributed by atoms with van der Waals surface area (Å²) in [5, 5.41) is 12.3. The van der Waals surface area contributed by atoms with Gasteiger partial charge in [0.25, 0.3) is 0 Å². The number of hydrogen-bond acceptors (Lipinski definition) is 4. The summed E-state index contributed by atoms with van der Waals surface area (Å²) < 4.78 is 5.69. The molecule has 4 heteroatoms. The Morgan fingerprint density at radius 2 is 2.25 bits per heavy atom. The number of aromatic nitrogens is 2. The quantitative estimate of drug-likeness (QED) is 0.868. The highest BCUT2D eigenvalue weighted by molar-refractivity contribution is 5.25. The third kappa shape index (κ3) is 3.76. The third-order valence-electron chi connectivity index (χ3n) is 3.98. The van der Waals surface area contributed by atoms with Crippen molar-refractivity contribution in [1.82, 2.24) is 15.5 Å². The molecule has 0 amide bonds. The van der Waals surface area contributed by atoms with Crippen LogP contribution < -0.4 is 5.32 Å². The van der Waals surface area contributed by atoms with E-state index in [0.29, 0.717) is 12.0 Å². The first-order valence-corrected chi connectivity index (χ1v) is 7.90. The van der Waals surface area contributed by atoms with Crippen LogP contribution in [0.25, 0.3) is 0 Å². The topological polar surface area (TPSA) is 47.0 Å². The lowest BCUT2D eigenvalue weighted by molar-refractivity contribution is 0.0388. The molecular formula is C16H27N3O. The van der Waals surface area contributed by atoms with Crippen LogP contribution in [0, 0.1) is 12.8 Å².